The van der Waals surface area contributed by atoms with Gasteiger partial charge in [0.1, 0.15) is 11.2 Å². The van der Waals surface area contributed by atoms with Gasteiger partial charge in [0, 0.05) is 5.69 Å². The lowest BCUT2D eigenvalue weighted by Crippen LogP contribution is -2.27. The SMILES string of the molecule is Cc1cccc(N2C(=O)CSC2c2cccc(F)c2)c1. The van der Waals surface area contributed by atoms with Crippen molar-refractivity contribution in [2.75, 3.05) is 10.7 Å². The monoisotopic (exact) mass is 287 g/mol. The third-order valence-corrected chi connectivity index (χ3v) is 4.49. The summed E-state index contributed by atoms with van der Waals surface area (Å²) in [6.45, 7) is 1.99. The van der Waals surface area contributed by atoms with Crippen LogP contribution in [-0.2, 0) is 4.79 Å². The highest BCUT2D eigenvalue weighted by Crippen LogP contribution is 2.41. The summed E-state index contributed by atoms with van der Waals surface area (Å²) in [5.74, 6) is 0.219. The van der Waals surface area contributed by atoms with Crippen LogP contribution in [0, 0.1) is 12.7 Å². The molecule has 0 radical (unpaired) electrons. The maximum absolute atomic E-state index is 13.4. The Balaban J connectivity index is 2.01. The third kappa shape index (κ3) is 2.43. The van der Waals surface area contributed by atoms with E-state index in [0.717, 1.165) is 16.8 Å². The molecule has 1 aliphatic rings. The summed E-state index contributed by atoms with van der Waals surface area (Å²) in [7, 11) is 0. The zero-order valence-electron chi connectivity index (χ0n) is 11.0. The summed E-state index contributed by atoms with van der Waals surface area (Å²) in [5, 5.41) is -0.153. The molecule has 3 rings (SSSR count). The fraction of sp³-hybridized carbons (Fsp3) is 0.188. The Morgan fingerprint density at radius 2 is 2.00 bits per heavy atom. The number of aryl methyl sites for hydroxylation is 1. The molecule has 1 aliphatic heterocycles. The van der Waals surface area contributed by atoms with Crippen LogP contribution >= 0.6 is 11.8 Å². The predicted octanol–water partition coefficient (Wildman–Crippen LogP) is 3.91. The van der Waals surface area contributed by atoms with Gasteiger partial charge in [-0.15, -0.1) is 11.8 Å². The van der Waals surface area contributed by atoms with Gasteiger partial charge in [-0.3, -0.25) is 9.69 Å². The average molecular weight is 287 g/mol. The first kappa shape index (κ1) is 13.2. The molecule has 1 fully saturated rings. The smallest absolute Gasteiger partial charge is 0.238 e. The molecule has 102 valence electrons. The molecule has 0 aliphatic carbocycles. The zero-order valence-corrected chi connectivity index (χ0v) is 11.9. The van der Waals surface area contributed by atoms with Crippen molar-refractivity contribution >= 4 is 23.4 Å². The minimum atomic E-state index is -0.272. The zero-order chi connectivity index (χ0) is 14.1. The number of hydrogen-bond donors (Lipinski definition) is 0. The van der Waals surface area contributed by atoms with Crippen LogP contribution in [0.1, 0.15) is 16.5 Å². The Morgan fingerprint density at radius 3 is 2.75 bits per heavy atom. The molecule has 0 N–H and O–H groups in total. The van der Waals surface area contributed by atoms with E-state index < -0.39 is 0 Å². The second-order valence-corrected chi connectivity index (χ2v) is 5.89. The molecule has 1 amide bonds. The highest BCUT2D eigenvalue weighted by molar-refractivity contribution is 8.00. The van der Waals surface area contributed by atoms with Crippen molar-refractivity contribution in [2.45, 2.75) is 12.3 Å². The van der Waals surface area contributed by atoms with Crippen molar-refractivity contribution in [3.05, 3.63) is 65.5 Å². The molecular formula is C16H14FNOS. The maximum atomic E-state index is 13.4. The van der Waals surface area contributed by atoms with E-state index in [2.05, 4.69) is 0 Å². The first-order valence-corrected chi connectivity index (χ1v) is 7.46. The molecule has 1 heterocycles. The van der Waals surface area contributed by atoms with Gasteiger partial charge in [-0.05, 0) is 42.3 Å². The quantitative estimate of drug-likeness (QED) is 0.834. The Morgan fingerprint density at radius 1 is 1.20 bits per heavy atom. The number of rotatable bonds is 2. The number of halogens is 1. The highest BCUT2D eigenvalue weighted by Gasteiger charge is 2.34. The van der Waals surface area contributed by atoms with Crippen molar-refractivity contribution < 1.29 is 9.18 Å². The van der Waals surface area contributed by atoms with Crippen LogP contribution < -0.4 is 4.90 Å². The van der Waals surface area contributed by atoms with Gasteiger partial charge in [0.15, 0.2) is 0 Å². The van der Waals surface area contributed by atoms with Gasteiger partial charge < -0.3 is 0 Å². The average Bonchev–Trinajstić information content (AvgIpc) is 2.80. The largest absolute Gasteiger partial charge is 0.295 e. The normalized spacial score (nSPS) is 18.6. The number of carbonyl (C=O) groups is 1. The summed E-state index contributed by atoms with van der Waals surface area (Å²) in [4.78, 5) is 13.9. The first-order chi connectivity index (χ1) is 9.65. The predicted molar refractivity (Wildman–Crippen MR) is 80.3 cm³/mol. The summed E-state index contributed by atoms with van der Waals surface area (Å²) in [5.41, 5.74) is 2.79. The van der Waals surface area contributed by atoms with Gasteiger partial charge in [-0.2, -0.15) is 0 Å². The maximum Gasteiger partial charge on any atom is 0.238 e. The molecule has 0 bridgehead atoms. The first-order valence-electron chi connectivity index (χ1n) is 6.41. The number of hydrogen-bond acceptors (Lipinski definition) is 2. The molecule has 0 spiro atoms. The fourth-order valence-electron chi connectivity index (χ4n) is 2.39. The number of amides is 1. The summed E-state index contributed by atoms with van der Waals surface area (Å²) in [6, 6.07) is 14.3. The molecule has 20 heavy (non-hydrogen) atoms. The summed E-state index contributed by atoms with van der Waals surface area (Å²) < 4.78 is 13.4. The number of nitrogens with zero attached hydrogens (tertiary/aromatic N) is 1. The van der Waals surface area contributed by atoms with Crippen LogP contribution in [0.3, 0.4) is 0 Å². The van der Waals surface area contributed by atoms with Crippen LogP contribution in [0.25, 0.3) is 0 Å². The molecule has 0 saturated carbocycles. The lowest BCUT2D eigenvalue weighted by molar-refractivity contribution is -0.115. The standard InChI is InChI=1S/C16H14FNOS/c1-11-4-2-7-14(8-11)18-15(19)10-20-16(18)12-5-3-6-13(17)9-12/h2-9,16H,10H2,1H3. The van der Waals surface area contributed by atoms with Crippen molar-refractivity contribution in [2.24, 2.45) is 0 Å². The van der Waals surface area contributed by atoms with Crippen LogP contribution in [0.4, 0.5) is 10.1 Å². The molecule has 2 aromatic rings. The van der Waals surface area contributed by atoms with E-state index in [0.29, 0.717) is 5.75 Å². The van der Waals surface area contributed by atoms with Crippen molar-refractivity contribution in [3.63, 3.8) is 0 Å². The second kappa shape index (κ2) is 5.29. The van der Waals surface area contributed by atoms with Gasteiger partial charge in [-0.1, -0.05) is 24.3 Å². The molecular weight excluding hydrogens is 273 g/mol. The second-order valence-electron chi connectivity index (χ2n) is 4.82. The van der Waals surface area contributed by atoms with E-state index in [1.54, 1.807) is 11.0 Å². The lowest BCUT2D eigenvalue weighted by Gasteiger charge is -2.24. The lowest BCUT2D eigenvalue weighted by atomic mass is 10.1. The molecule has 0 aromatic heterocycles. The van der Waals surface area contributed by atoms with Gasteiger partial charge in [-0.25, -0.2) is 4.39 Å². The van der Waals surface area contributed by atoms with E-state index >= 15 is 0 Å². The van der Waals surface area contributed by atoms with Crippen LogP contribution in [0.2, 0.25) is 0 Å². The van der Waals surface area contributed by atoms with Crippen molar-refractivity contribution in [1.82, 2.24) is 0 Å². The molecule has 4 heteroatoms. The molecule has 2 aromatic carbocycles. The van der Waals surface area contributed by atoms with Gasteiger partial charge in [0.05, 0.1) is 5.75 Å². The van der Waals surface area contributed by atoms with E-state index in [1.807, 2.05) is 37.3 Å². The van der Waals surface area contributed by atoms with Gasteiger partial charge in [0.2, 0.25) is 5.91 Å². The Hall–Kier alpha value is -1.81. The summed E-state index contributed by atoms with van der Waals surface area (Å²) >= 11 is 1.53. The van der Waals surface area contributed by atoms with E-state index in [1.165, 1.54) is 23.9 Å². The number of thioether (sulfide) groups is 1. The number of benzene rings is 2. The summed E-state index contributed by atoms with van der Waals surface area (Å²) in [6.07, 6.45) is 0. The highest BCUT2D eigenvalue weighted by atomic mass is 32.2. The van der Waals surface area contributed by atoms with Crippen molar-refractivity contribution in [1.29, 1.82) is 0 Å². The Labute approximate surface area is 121 Å². The number of anilines is 1. The third-order valence-electron chi connectivity index (χ3n) is 3.28. The van der Waals surface area contributed by atoms with Crippen molar-refractivity contribution in [3.8, 4) is 0 Å². The molecule has 1 atom stereocenters. The molecule has 2 nitrogen and oxygen atoms in total. The molecule has 1 unspecified atom stereocenters. The van der Waals surface area contributed by atoms with Crippen LogP contribution in [-0.4, -0.2) is 11.7 Å². The van der Waals surface area contributed by atoms with Crippen LogP contribution in [0.15, 0.2) is 48.5 Å². The van der Waals surface area contributed by atoms with Crippen LogP contribution in [0.5, 0.6) is 0 Å². The van der Waals surface area contributed by atoms with E-state index in [4.69, 9.17) is 0 Å². The Kier molecular flexibility index (Phi) is 3.49. The van der Waals surface area contributed by atoms with E-state index in [9.17, 15) is 9.18 Å². The van der Waals surface area contributed by atoms with Gasteiger partial charge >= 0.3 is 0 Å². The molecule has 1 saturated heterocycles. The minimum absolute atomic E-state index is 0.0647. The fourth-order valence-corrected chi connectivity index (χ4v) is 3.55. The topological polar surface area (TPSA) is 20.3 Å². The number of carbonyl (C=O) groups excluding carboxylic acids is 1. The van der Waals surface area contributed by atoms with Gasteiger partial charge in [0.25, 0.3) is 0 Å². The van der Waals surface area contributed by atoms with E-state index in [-0.39, 0.29) is 17.1 Å². The Bertz CT molecular complexity index is 658. The minimum Gasteiger partial charge on any atom is -0.295 e.